The van der Waals surface area contributed by atoms with Gasteiger partial charge in [0.05, 0.1) is 0 Å². The summed E-state index contributed by atoms with van der Waals surface area (Å²) in [5.74, 6) is 0.208. The zero-order valence-corrected chi connectivity index (χ0v) is 11.0. The van der Waals surface area contributed by atoms with Gasteiger partial charge in [-0.15, -0.1) is 11.3 Å². The van der Waals surface area contributed by atoms with Gasteiger partial charge in [0.15, 0.2) is 0 Å². The van der Waals surface area contributed by atoms with Gasteiger partial charge in [-0.1, -0.05) is 19.1 Å². The van der Waals surface area contributed by atoms with Gasteiger partial charge < -0.3 is 10.5 Å². The quantitative estimate of drug-likeness (QED) is 0.893. The van der Waals surface area contributed by atoms with Gasteiger partial charge in [-0.05, 0) is 30.0 Å². The molecule has 18 heavy (non-hydrogen) atoms. The minimum Gasteiger partial charge on any atom is -0.483 e. The van der Waals surface area contributed by atoms with Gasteiger partial charge in [0.25, 0.3) is 0 Å². The van der Waals surface area contributed by atoms with Crippen LogP contribution >= 0.6 is 11.3 Å². The minimum atomic E-state index is -0.303. The van der Waals surface area contributed by atoms with E-state index in [0.29, 0.717) is 5.75 Å². The lowest BCUT2D eigenvalue weighted by Gasteiger charge is -2.23. The summed E-state index contributed by atoms with van der Waals surface area (Å²) in [6, 6.07) is 10.00. The van der Waals surface area contributed by atoms with Crippen molar-refractivity contribution in [1.82, 2.24) is 0 Å². The first-order valence-corrected chi connectivity index (χ1v) is 6.80. The van der Waals surface area contributed by atoms with Gasteiger partial charge in [0, 0.05) is 17.0 Å². The molecular weight excluding hydrogens is 249 g/mol. The van der Waals surface area contributed by atoms with E-state index in [1.54, 1.807) is 23.5 Å². The second kappa shape index (κ2) is 5.98. The maximum Gasteiger partial charge on any atom is 0.148 e. The maximum atomic E-state index is 13.1. The van der Waals surface area contributed by atoms with Crippen molar-refractivity contribution in [3.05, 3.63) is 52.5 Å². The molecule has 0 amide bonds. The van der Waals surface area contributed by atoms with E-state index in [1.807, 2.05) is 24.4 Å². The highest BCUT2D eigenvalue weighted by atomic mass is 32.1. The molecule has 0 saturated carbocycles. The van der Waals surface area contributed by atoms with Crippen molar-refractivity contribution in [2.24, 2.45) is 5.73 Å². The molecule has 2 N–H and O–H groups in total. The van der Waals surface area contributed by atoms with Crippen molar-refractivity contribution < 1.29 is 9.13 Å². The summed E-state index contributed by atoms with van der Waals surface area (Å²) < 4.78 is 19.0. The second-order valence-corrected chi connectivity index (χ2v) is 5.06. The summed E-state index contributed by atoms with van der Waals surface area (Å²) in [6.07, 6.45) is 0.578. The predicted octanol–water partition coefficient (Wildman–Crippen LogP) is 3.74. The normalized spacial score (nSPS) is 14.2. The summed E-state index contributed by atoms with van der Waals surface area (Å²) in [6.45, 7) is 2.01. The van der Waals surface area contributed by atoms with Crippen LogP contribution in [0.4, 0.5) is 4.39 Å². The van der Waals surface area contributed by atoms with Gasteiger partial charge in [0.1, 0.15) is 17.7 Å². The van der Waals surface area contributed by atoms with Crippen molar-refractivity contribution >= 4 is 11.3 Å². The SMILES string of the molecule is CCC(N)C(Oc1cccc(F)c1)c1cccs1. The van der Waals surface area contributed by atoms with Gasteiger partial charge in [0.2, 0.25) is 0 Å². The number of halogens is 1. The molecular formula is C14H16FNOS. The fraction of sp³-hybridized carbons (Fsp3) is 0.286. The fourth-order valence-electron chi connectivity index (χ4n) is 1.71. The van der Waals surface area contributed by atoms with E-state index in [-0.39, 0.29) is 18.0 Å². The minimum absolute atomic E-state index is 0.105. The molecule has 1 heterocycles. The lowest BCUT2D eigenvalue weighted by molar-refractivity contribution is 0.174. The molecule has 2 rings (SSSR count). The smallest absolute Gasteiger partial charge is 0.148 e. The standard InChI is InChI=1S/C14H16FNOS/c1-2-12(16)14(13-7-4-8-18-13)17-11-6-3-5-10(15)9-11/h3-9,12,14H,2,16H2,1H3. The molecule has 0 bridgehead atoms. The van der Waals surface area contributed by atoms with Crippen molar-refractivity contribution in [1.29, 1.82) is 0 Å². The fourth-order valence-corrected chi connectivity index (χ4v) is 2.54. The average molecular weight is 265 g/mol. The molecule has 0 aliphatic carbocycles. The number of benzene rings is 1. The van der Waals surface area contributed by atoms with E-state index >= 15 is 0 Å². The van der Waals surface area contributed by atoms with Crippen LogP contribution < -0.4 is 10.5 Å². The topological polar surface area (TPSA) is 35.2 Å². The summed E-state index contributed by atoms with van der Waals surface area (Å²) in [4.78, 5) is 1.06. The van der Waals surface area contributed by atoms with Crippen LogP contribution in [0.2, 0.25) is 0 Å². The highest BCUT2D eigenvalue weighted by molar-refractivity contribution is 7.10. The second-order valence-electron chi connectivity index (χ2n) is 4.08. The highest BCUT2D eigenvalue weighted by Gasteiger charge is 2.21. The largest absolute Gasteiger partial charge is 0.483 e. The third kappa shape index (κ3) is 3.09. The number of ether oxygens (including phenoxy) is 1. The Morgan fingerprint density at radius 3 is 2.78 bits per heavy atom. The summed E-state index contributed by atoms with van der Waals surface area (Å²) in [5.41, 5.74) is 6.08. The van der Waals surface area contributed by atoms with E-state index in [9.17, 15) is 4.39 Å². The zero-order valence-electron chi connectivity index (χ0n) is 10.2. The van der Waals surface area contributed by atoms with E-state index in [0.717, 1.165) is 11.3 Å². The molecule has 0 fully saturated rings. The maximum absolute atomic E-state index is 13.1. The number of hydrogen-bond acceptors (Lipinski definition) is 3. The van der Waals surface area contributed by atoms with Crippen LogP contribution in [0.25, 0.3) is 0 Å². The molecule has 0 spiro atoms. The predicted molar refractivity (Wildman–Crippen MR) is 72.4 cm³/mol. The third-order valence-corrected chi connectivity index (χ3v) is 3.68. The van der Waals surface area contributed by atoms with Crippen LogP contribution in [0.15, 0.2) is 41.8 Å². The average Bonchev–Trinajstić information content (AvgIpc) is 2.89. The highest BCUT2D eigenvalue weighted by Crippen LogP contribution is 2.28. The van der Waals surface area contributed by atoms with E-state index in [4.69, 9.17) is 10.5 Å². The van der Waals surface area contributed by atoms with Crippen LogP contribution in [0.3, 0.4) is 0 Å². The van der Waals surface area contributed by atoms with E-state index < -0.39 is 0 Å². The van der Waals surface area contributed by atoms with Crippen LogP contribution in [0.5, 0.6) is 5.75 Å². The van der Waals surface area contributed by atoms with Crippen molar-refractivity contribution in [3.8, 4) is 5.75 Å². The molecule has 96 valence electrons. The van der Waals surface area contributed by atoms with Crippen LogP contribution in [-0.4, -0.2) is 6.04 Å². The Morgan fingerprint density at radius 1 is 1.33 bits per heavy atom. The zero-order chi connectivity index (χ0) is 13.0. The molecule has 2 nitrogen and oxygen atoms in total. The lowest BCUT2D eigenvalue weighted by Crippen LogP contribution is -2.30. The number of rotatable bonds is 5. The Labute approximate surface area is 110 Å². The van der Waals surface area contributed by atoms with E-state index in [2.05, 4.69) is 0 Å². The van der Waals surface area contributed by atoms with Crippen LogP contribution in [0, 0.1) is 5.82 Å². The van der Waals surface area contributed by atoms with Crippen molar-refractivity contribution in [2.45, 2.75) is 25.5 Å². The van der Waals surface area contributed by atoms with Crippen LogP contribution in [-0.2, 0) is 0 Å². The van der Waals surface area contributed by atoms with Crippen molar-refractivity contribution in [2.75, 3.05) is 0 Å². The monoisotopic (exact) mass is 265 g/mol. The molecule has 1 aromatic heterocycles. The Bertz CT molecular complexity index is 486. The Morgan fingerprint density at radius 2 is 2.17 bits per heavy atom. The number of hydrogen-bond donors (Lipinski definition) is 1. The number of nitrogens with two attached hydrogens (primary N) is 1. The summed E-state index contributed by atoms with van der Waals surface area (Å²) in [7, 11) is 0. The number of thiophene rings is 1. The molecule has 4 heteroatoms. The molecule has 0 aliphatic rings. The molecule has 2 aromatic rings. The van der Waals surface area contributed by atoms with Gasteiger partial charge in [-0.2, -0.15) is 0 Å². The third-order valence-electron chi connectivity index (χ3n) is 2.74. The first-order valence-electron chi connectivity index (χ1n) is 5.92. The molecule has 0 radical (unpaired) electrons. The molecule has 2 unspecified atom stereocenters. The van der Waals surface area contributed by atoms with Gasteiger partial charge in [-0.3, -0.25) is 0 Å². The Kier molecular flexibility index (Phi) is 4.33. The summed E-state index contributed by atoms with van der Waals surface area (Å²) in [5, 5.41) is 1.99. The summed E-state index contributed by atoms with van der Waals surface area (Å²) >= 11 is 1.60. The molecule has 1 aromatic carbocycles. The van der Waals surface area contributed by atoms with Gasteiger partial charge in [-0.25, -0.2) is 4.39 Å². The first kappa shape index (κ1) is 13.1. The molecule has 2 atom stereocenters. The van der Waals surface area contributed by atoms with Gasteiger partial charge >= 0.3 is 0 Å². The molecule has 0 saturated heterocycles. The van der Waals surface area contributed by atoms with Crippen LogP contribution in [0.1, 0.15) is 24.3 Å². The van der Waals surface area contributed by atoms with E-state index in [1.165, 1.54) is 12.1 Å². The van der Waals surface area contributed by atoms with Crippen molar-refractivity contribution in [3.63, 3.8) is 0 Å². The first-order chi connectivity index (χ1) is 8.70. The Hall–Kier alpha value is -1.39. The molecule has 0 aliphatic heterocycles. The Balaban J connectivity index is 2.20. The lowest BCUT2D eigenvalue weighted by atomic mass is 10.1.